The molecule has 0 aromatic heterocycles. The van der Waals surface area contributed by atoms with Crippen molar-refractivity contribution in [1.82, 2.24) is 4.90 Å². The lowest BCUT2D eigenvalue weighted by atomic mass is 10.1. The van der Waals surface area contributed by atoms with Crippen LogP contribution in [0, 0.1) is 6.92 Å². The summed E-state index contributed by atoms with van der Waals surface area (Å²) in [6, 6.07) is 14.6. The first-order valence-corrected chi connectivity index (χ1v) is 8.88. The van der Waals surface area contributed by atoms with E-state index in [1.165, 1.54) is 4.90 Å². The molecule has 3 rings (SSSR count). The van der Waals surface area contributed by atoms with Gasteiger partial charge in [-0.1, -0.05) is 36.2 Å². The maximum absolute atomic E-state index is 12.2. The number of fused-ring (bicyclic) bond motifs is 1. The number of carbonyl (C=O) groups excluding carboxylic acids is 3. The molecule has 1 N–H and O–H groups in total. The van der Waals surface area contributed by atoms with Crippen molar-refractivity contribution in [3.8, 4) is 0 Å². The fourth-order valence-electron chi connectivity index (χ4n) is 3.03. The van der Waals surface area contributed by atoms with E-state index in [1.807, 2.05) is 31.2 Å². The lowest BCUT2D eigenvalue weighted by molar-refractivity contribution is -0.116. The van der Waals surface area contributed by atoms with Gasteiger partial charge in [-0.15, -0.1) is 0 Å². The van der Waals surface area contributed by atoms with Gasteiger partial charge in [-0.05, 0) is 44.0 Å². The van der Waals surface area contributed by atoms with Crippen LogP contribution in [0.1, 0.15) is 52.0 Å². The highest BCUT2D eigenvalue weighted by Crippen LogP contribution is 2.22. The van der Waals surface area contributed by atoms with Crippen molar-refractivity contribution in [2.45, 2.75) is 32.6 Å². The van der Waals surface area contributed by atoms with Crippen LogP contribution in [-0.4, -0.2) is 29.2 Å². The second-order valence-corrected chi connectivity index (χ2v) is 6.53. The zero-order valence-electron chi connectivity index (χ0n) is 14.8. The molecule has 1 aliphatic rings. The standard InChI is InChI=1S/C21H22N2O3/c1-15-10-12-16(13-11-15)22-19(24)9-3-2-6-14-23-20(25)17-7-4-5-8-18(17)21(23)26/h4-5,7-8,10-13H,2-3,6,9,14H2,1H3,(H,22,24). The van der Waals surface area contributed by atoms with Gasteiger partial charge < -0.3 is 5.32 Å². The number of carbonyl (C=O) groups is 3. The minimum Gasteiger partial charge on any atom is -0.326 e. The fraction of sp³-hybridized carbons (Fsp3) is 0.286. The molecular weight excluding hydrogens is 328 g/mol. The normalized spacial score (nSPS) is 13.0. The highest BCUT2D eigenvalue weighted by molar-refractivity contribution is 6.21. The van der Waals surface area contributed by atoms with Crippen molar-refractivity contribution in [1.29, 1.82) is 0 Å². The number of rotatable bonds is 7. The highest BCUT2D eigenvalue weighted by Gasteiger charge is 2.34. The predicted octanol–water partition coefficient (Wildman–Crippen LogP) is 3.79. The number of unbranched alkanes of at least 4 members (excludes halogenated alkanes) is 2. The van der Waals surface area contributed by atoms with Crippen LogP contribution in [0.2, 0.25) is 0 Å². The van der Waals surface area contributed by atoms with Crippen LogP contribution in [0.3, 0.4) is 0 Å². The largest absolute Gasteiger partial charge is 0.326 e. The van der Waals surface area contributed by atoms with E-state index in [2.05, 4.69) is 5.32 Å². The van der Waals surface area contributed by atoms with Crippen LogP contribution in [-0.2, 0) is 4.79 Å². The molecule has 0 fully saturated rings. The maximum Gasteiger partial charge on any atom is 0.261 e. The first-order valence-electron chi connectivity index (χ1n) is 8.88. The maximum atomic E-state index is 12.2. The molecule has 2 aromatic carbocycles. The van der Waals surface area contributed by atoms with E-state index in [0.717, 1.165) is 24.1 Å². The molecule has 1 heterocycles. The van der Waals surface area contributed by atoms with Crippen LogP contribution in [0.25, 0.3) is 0 Å². The van der Waals surface area contributed by atoms with E-state index in [4.69, 9.17) is 0 Å². The summed E-state index contributed by atoms with van der Waals surface area (Å²) >= 11 is 0. The van der Waals surface area contributed by atoms with Crippen LogP contribution in [0.15, 0.2) is 48.5 Å². The summed E-state index contributed by atoms with van der Waals surface area (Å²) in [4.78, 5) is 37.7. The van der Waals surface area contributed by atoms with Crippen LogP contribution >= 0.6 is 0 Å². The summed E-state index contributed by atoms with van der Waals surface area (Å²) < 4.78 is 0. The summed E-state index contributed by atoms with van der Waals surface area (Å²) in [5.74, 6) is -0.458. The summed E-state index contributed by atoms with van der Waals surface area (Å²) in [6.07, 6.45) is 2.63. The van der Waals surface area contributed by atoms with E-state index in [1.54, 1.807) is 24.3 Å². The molecule has 0 radical (unpaired) electrons. The van der Waals surface area contributed by atoms with Crippen molar-refractivity contribution in [2.75, 3.05) is 11.9 Å². The molecule has 3 amide bonds. The van der Waals surface area contributed by atoms with Gasteiger partial charge >= 0.3 is 0 Å². The van der Waals surface area contributed by atoms with E-state index >= 15 is 0 Å². The summed E-state index contributed by atoms with van der Waals surface area (Å²) in [6.45, 7) is 2.39. The van der Waals surface area contributed by atoms with Crippen molar-refractivity contribution < 1.29 is 14.4 Å². The fourth-order valence-corrected chi connectivity index (χ4v) is 3.03. The molecule has 26 heavy (non-hydrogen) atoms. The van der Waals surface area contributed by atoms with Gasteiger partial charge in [0.05, 0.1) is 11.1 Å². The Kier molecular flexibility index (Phi) is 5.46. The van der Waals surface area contributed by atoms with E-state index < -0.39 is 0 Å². The Morgan fingerprint density at radius 3 is 2.12 bits per heavy atom. The molecule has 0 saturated heterocycles. The molecule has 2 aromatic rings. The van der Waals surface area contributed by atoms with E-state index in [0.29, 0.717) is 30.5 Å². The topological polar surface area (TPSA) is 66.5 Å². The molecule has 0 unspecified atom stereocenters. The third-order valence-electron chi connectivity index (χ3n) is 4.50. The van der Waals surface area contributed by atoms with Crippen LogP contribution in [0.5, 0.6) is 0 Å². The Labute approximate surface area is 153 Å². The third kappa shape index (κ3) is 3.99. The second kappa shape index (κ2) is 7.95. The number of imide groups is 1. The number of nitrogens with zero attached hydrogens (tertiary/aromatic N) is 1. The molecular formula is C21H22N2O3. The van der Waals surface area contributed by atoms with E-state index in [-0.39, 0.29) is 17.7 Å². The SMILES string of the molecule is Cc1ccc(NC(=O)CCCCCN2C(=O)c3ccccc3C2=O)cc1. The first-order chi connectivity index (χ1) is 12.6. The number of aryl methyl sites for hydroxylation is 1. The molecule has 5 nitrogen and oxygen atoms in total. The van der Waals surface area contributed by atoms with Gasteiger partial charge in [0.25, 0.3) is 11.8 Å². The van der Waals surface area contributed by atoms with Crippen LogP contribution < -0.4 is 5.32 Å². The third-order valence-corrected chi connectivity index (χ3v) is 4.50. The van der Waals surface area contributed by atoms with Gasteiger partial charge in [0.2, 0.25) is 5.91 Å². The first kappa shape index (κ1) is 17.9. The van der Waals surface area contributed by atoms with Gasteiger partial charge in [-0.25, -0.2) is 0 Å². The number of benzene rings is 2. The van der Waals surface area contributed by atoms with Crippen molar-refractivity contribution >= 4 is 23.4 Å². The lowest BCUT2D eigenvalue weighted by Gasteiger charge is -2.13. The number of hydrogen-bond donors (Lipinski definition) is 1. The second-order valence-electron chi connectivity index (χ2n) is 6.53. The Morgan fingerprint density at radius 2 is 1.50 bits per heavy atom. The quantitative estimate of drug-likeness (QED) is 0.610. The molecule has 0 bridgehead atoms. The summed E-state index contributed by atoms with van der Waals surface area (Å²) in [5.41, 5.74) is 2.91. The summed E-state index contributed by atoms with van der Waals surface area (Å²) in [7, 11) is 0. The minimum absolute atomic E-state index is 0.0189. The highest BCUT2D eigenvalue weighted by atomic mass is 16.2. The average Bonchev–Trinajstić information content (AvgIpc) is 2.88. The Balaban J connectivity index is 1.38. The molecule has 0 spiro atoms. The van der Waals surface area contributed by atoms with Gasteiger partial charge in [-0.3, -0.25) is 19.3 Å². The monoisotopic (exact) mass is 350 g/mol. The van der Waals surface area contributed by atoms with Gasteiger partial charge in [0.1, 0.15) is 0 Å². The van der Waals surface area contributed by atoms with Crippen molar-refractivity contribution in [3.05, 3.63) is 65.2 Å². The molecule has 134 valence electrons. The number of amides is 3. The van der Waals surface area contributed by atoms with Crippen molar-refractivity contribution in [2.24, 2.45) is 0 Å². The smallest absolute Gasteiger partial charge is 0.261 e. The number of anilines is 1. The van der Waals surface area contributed by atoms with Crippen molar-refractivity contribution in [3.63, 3.8) is 0 Å². The molecule has 1 aliphatic heterocycles. The summed E-state index contributed by atoms with van der Waals surface area (Å²) in [5, 5.41) is 2.87. The number of hydrogen-bond acceptors (Lipinski definition) is 3. The van der Waals surface area contributed by atoms with Gasteiger partial charge in [-0.2, -0.15) is 0 Å². The zero-order valence-corrected chi connectivity index (χ0v) is 14.8. The van der Waals surface area contributed by atoms with Gasteiger partial charge in [0, 0.05) is 18.7 Å². The van der Waals surface area contributed by atoms with Crippen LogP contribution in [0.4, 0.5) is 5.69 Å². The van der Waals surface area contributed by atoms with Gasteiger partial charge in [0.15, 0.2) is 0 Å². The lowest BCUT2D eigenvalue weighted by Crippen LogP contribution is -2.30. The van der Waals surface area contributed by atoms with E-state index in [9.17, 15) is 14.4 Å². The molecule has 0 aliphatic carbocycles. The molecule has 0 atom stereocenters. The zero-order chi connectivity index (χ0) is 18.5. The predicted molar refractivity (Wildman–Crippen MR) is 100 cm³/mol. The Morgan fingerprint density at radius 1 is 0.885 bits per heavy atom. The number of nitrogens with one attached hydrogen (secondary N) is 1. The average molecular weight is 350 g/mol. The Hall–Kier alpha value is -2.95. The molecule has 0 saturated carbocycles. The Bertz CT molecular complexity index is 792. The minimum atomic E-state index is -0.220. The molecule has 5 heteroatoms.